The standard InChI is InChI=1S/C25H24F3N3O6S/c1-16(32)29-18-7-9-19(10-8-18)30-24(33)15-31(20-6-4-5-17(13-20)25(26,27)28)38(34,35)21-11-12-22(36-2)23(14-21)37-3/h4-14H,15H2,1-3H3,(H,29,32)(H,30,33). The first kappa shape index (κ1) is 28.3. The predicted octanol–water partition coefficient (Wildman–Crippen LogP) is 4.52. The second-order valence-electron chi connectivity index (χ2n) is 7.88. The molecule has 0 aromatic heterocycles. The molecular weight excluding hydrogens is 527 g/mol. The summed E-state index contributed by atoms with van der Waals surface area (Å²) >= 11 is 0. The molecule has 0 aliphatic heterocycles. The monoisotopic (exact) mass is 551 g/mol. The van der Waals surface area contributed by atoms with Gasteiger partial charge in [0.25, 0.3) is 10.0 Å². The lowest BCUT2D eigenvalue weighted by atomic mass is 10.2. The molecule has 2 amide bonds. The molecule has 0 unspecified atom stereocenters. The fourth-order valence-corrected chi connectivity index (χ4v) is 4.86. The fraction of sp³-hybridized carbons (Fsp3) is 0.200. The van der Waals surface area contributed by atoms with Crippen molar-refractivity contribution in [2.75, 3.05) is 35.7 Å². The van der Waals surface area contributed by atoms with Gasteiger partial charge in [-0.1, -0.05) is 6.07 Å². The Bertz CT molecular complexity index is 1430. The van der Waals surface area contributed by atoms with Gasteiger partial charge in [-0.2, -0.15) is 13.2 Å². The van der Waals surface area contributed by atoms with Crippen LogP contribution in [-0.4, -0.2) is 41.0 Å². The molecule has 2 N–H and O–H groups in total. The molecule has 202 valence electrons. The van der Waals surface area contributed by atoms with E-state index in [1.807, 2.05) is 0 Å². The normalized spacial score (nSPS) is 11.4. The van der Waals surface area contributed by atoms with E-state index in [2.05, 4.69) is 10.6 Å². The predicted molar refractivity (Wildman–Crippen MR) is 135 cm³/mol. The Morgan fingerprint density at radius 3 is 2.03 bits per heavy atom. The van der Waals surface area contributed by atoms with Crippen molar-refractivity contribution in [3.8, 4) is 11.5 Å². The van der Waals surface area contributed by atoms with Gasteiger partial charge in [-0.05, 0) is 54.6 Å². The average molecular weight is 552 g/mol. The molecule has 0 spiro atoms. The van der Waals surface area contributed by atoms with Crippen LogP contribution in [0.25, 0.3) is 0 Å². The number of methoxy groups -OCH3 is 2. The number of carbonyl (C=O) groups is 2. The van der Waals surface area contributed by atoms with E-state index < -0.39 is 34.2 Å². The molecule has 0 fully saturated rings. The van der Waals surface area contributed by atoms with E-state index in [0.29, 0.717) is 16.1 Å². The van der Waals surface area contributed by atoms with E-state index in [0.717, 1.165) is 24.3 Å². The molecule has 13 heteroatoms. The van der Waals surface area contributed by atoms with E-state index in [9.17, 15) is 31.2 Å². The topological polar surface area (TPSA) is 114 Å². The quantitative estimate of drug-likeness (QED) is 0.405. The van der Waals surface area contributed by atoms with Gasteiger partial charge in [-0.15, -0.1) is 0 Å². The van der Waals surface area contributed by atoms with Crippen LogP contribution in [0.3, 0.4) is 0 Å². The smallest absolute Gasteiger partial charge is 0.416 e. The third-order valence-corrected chi connectivity index (χ3v) is 6.95. The maximum atomic E-state index is 13.6. The van der Waals surface area contributed by atoms with E-state index in [-0.39, 0.29) is 33.7 Å². The van der Waals surface area contributed by atoms with Gasteiger partial charge in [-0.25, -0.2) is 8.42 Å². The lowest BCUT2D eigenvalue weighted by Gasteiger charge is -2.25. The van der Waals surface area contributed by atoms with Gasteiger partial charge in [0, 0.05) is 24.4 Å². The van der Waals surface area contributed by atoms with E-state index in [4.69, 9.17) is 9.47 Å². The Kier molecular flexibility index (Phi) is 8.51. The van der Waals surface area contributed by atoms with Crippen molar-refractivity contribution in [2.45, 2.75) is 18.0 Å². The number of nitrogens with one attached hydrogen (secondary N) is 2. The molecule has 0 radical (unpaired) electrons. The Morgan fingerprint density at radius 1 is 0.868 bits per heavy atom. The van der Waals surface area contributed by atoms with Crippen molar-refractivity contribution in [1.82, 2.24) is 0 Å². The number of sulfonamides is 1. The second-order valence-corrected chi connectivity index (χ2v) is 9.75. The van der Waals surface area contributed by atoms with Crippen LogP contribution in [0.4, 0.5) is 30.2 Å². The van der Waals surface area contributed by atoms with Crippen LogP contribution in [0, 0.1) is 0 Å². The minimum atomic E-state index is -4.74. The summed E-state index contributed by atoms with van der Waals surface area (Å²) in [6.07, 6.45) is -4.74. The summed E-state index contributed by atoms with van der Waals surface area (Å²) in [6.45, 7) is 0.488. The molecule has 0 atom stereocenters. The number of hydrogen-bond donors (Lipinski definition) is 2. The van der Waals surface area contributed by atoms with Gasteiger partial charge >= 0.3 is 6.18 Å². The zero-order valence-electron chi connectivity index (χ0n) is 20.5. The molecule has 0 saturated carbocycles. The molecule has 3 aromatic carbocycles. The summed E-state index contributed by atoms with van der Waals surface area (Å²) in [5.41, 5.74) is -0.712. The highest BCUT2D eigenvalue weighted by Crippen LogP contribution is 2.35. The van der Waals surface area contributed by atoms with E-state index in [1.54, 1.807) is 0 Å². The van der Waals surface area contributed by atoms with Crippen LogP contribution in [-0.2, 0) is 25.8 Å². The summed E-state index contributed by atoms with van der Waals surface area (Å²) in [6, 6.07) is 13.3. The summed E-state index contributed by atoms with van der Waals surface area (Å²) in [5.74, 6) is -0.809. The highest BCUT2D eigenvalue weighted by molar-refractivity contribution is 7.92. The highest BCUT2D eigenvalue weighted by Gasteiger charge is 2.33. The first-order valence-corrected chi connectivity index (χ1v) is 12.4. The van der Waals surface area contributed by atoms with Crippen molar-refractivity contribution >= 4 is 38.9 Å². The third-order valence-electron chi connectivity index (χ3n) is 5.18. The third kappa shape index (κ3) is 6.73. The molecule has 0 saturated heterocycles. The summed E-state index contributed by atoms with van der Waals surface area (Å²) in [7, 11) is -1.91. The second kappa shape index (κ2) is 11.4. The molecule has 0 bridgehead atoms. The van der Waals surface area contributed by atoms with Gasteiger partial charge in [0.2, 0.25) is 11.8 Å². The number of carbonyl (C=O) groups excluding carboxylic acids is 2. The number of rotatable bonds is 9. The number of benzene rings is 3. The van der Waals surface area contributed by atoms with Crippen molar-refractivity contribution in [3.05, 3.63) is 72.3 Å². The van der Waals surface area contributed by atoms with E-state index >= 15 is 0 Å². The summed E-state index contributed by atoms with van der Waals surface area (Å²) < 4.78 is 78.3. The van der Waals surface area contributed by atoms with Gasteiger partial charge in [0.05, 0.1) is 30.4 Å². The van der Waals surface area contributed by atoms with Gasteiger partial charge in [0.1, 0.15) is 6.54 Å². The van der Waals surface area contributed by atoms with Crippen LogP contribution in [0.5, 0.6) is 11.5 Å². The zero-order chi connectivity index (χ0) is 28.1. The number of hydrogen-bond acceptors (Lipinski definition) is 6. The van der Waals surface area contributed by atoms with Crippen molar-refractivity contribution in [1.29, 1.82) is 0 Å². The first-order valence-electron chi connectivity index (χ1n) is 10.9. The number of alkyl halides is 3. The Morgan fingerprint density at radius 2 is 1.47 bits per heavy atom. The Balaban J connectivity index is 1.99. The lowest BCUT2D eigenvalue weighted by molar-refractivity contribution is -0.137. The molecule has 0 heterocycles. The fourth-order valence-electron chi connectivity index (χ4n) is 3.43. The van der Waals surface area contributed by atoms with Crippen molar-refractivity contribution in [3.63, 3.8) is 0 Å². The molecule has 3 rings (SSSR count). The summed E-state index contributed by atoms with van der Waals surface area (Å²) in [4.78, 5) is 23.7. The SMILES string of the molecule is COc1ccc(S(=O)(=O)N(CC(=O)Nc2ccc(NC(C)=O)cc2)c2cccc(C(F)(F)F)c2)cc1OC. The van der Waals surface area contributed by atoms with E-state index in [1.165, 1.54) is 57.5 Å². The maximum Gasteiger partial charge on any atom is 0.416 e. The van der Waals surface area contributed by atoms with Crippen LogP contribution in [0.2, 0.25) is 0 Å². The average Bonchev–Trinajstić information content (AvgIpc) is 2.87. The number of ether oxygens (including phenoxy) is 2. The Hall–Kier alpha value is -4.26. The van der Waals surface area contributed by atoms with Crippen molar-refractivity contribution < 1.29 is 40.7 Å². The molecule has 38 heavy (non-hydrogen) atoms. The van der Waals surface area contributed by atoms with Gasteiger partial charge in [-0.3, -0.25) is 13.9 Å². The highest BCUT2D eigenvalue weighted by atomic mass is 32.2. The zero-order valence-corrected chi connectivity index (χ0v) is 21.3. The first-order chi connectivity index (χ1) is 17.8. The largest absolute Gasteiger partial charge is 0.493 e. The summed E-state index contributed by atoms with van der Waals surface area (Å²) in [5, 5.41) is 5.07. The molecule has 3 aromatic rings. The molecule has 0 aliphatic carbocycles. The maximum absolute atomic E-state index is 13.6. The molecule has 0 aliphatic rings. The number of amides is 2. The van der Waals surface area contributed by atoms with Crippen LogP contribution in [0.1, 0.15) is 12.5 Å². The van der Waals surface area contributed by atoms with Crippen molar-refractivity contribution in [2.24, 2.45) is 0 Å². The van der Waals surface area contributed by atoms with Crippen LogP contribution in [0.15, 0.2) is 71.6 Å². The lowest BCUT2D eigenvalue weighted by Crippen LogP contribution is -2.38. The molecular formula is C25H24F3N3O6S. The number of halogens is 3. The minimum Gasteiger partial charge on any atom is -0.493 e. The Labute approximate surface area is 217 Å². The minimum absolute atomic E-state index is 0.0706. The number of anilines is 3. The van der Waals surface area contributed by atoms with Crippen LogP contribution < -0.4 is 24.4 Å². The molecule has 9 nitrogen and oxygen atoms in total. The number of nitrogens with zero attached hydrogens (tertiary/aromatic N) is 1. The van der Waals surface area contributed by atoms with Crippen LogP contribution >= 0.6 is 0 Å². The van der Waals surface area contributed by atoms with Gasteiger partial charge < -0.3 is 20.1 Å². The van der Waals surface area contributed by atoms with Gasteiger partial charge in [0.15, 0.2) is 11.5 Å².